The second-order valence-electron chi connectivity index (χ2n) is 4.34. The van der Waals surface area contributed by atoms with Gasteiger partial charge in [-0.3, -0.25) is 4.94 Å². The number of hydroxylamine groups is 1. The van der Waals surface area contributed by atoms with Crippen LogP contribution in [0, 0.1) is 5.92 Å². The van der Waals surface area contributed by atoms with Crippen LogP contribution in [-0.2, 0) is 4.94 Å². The minimum Gasteiger partial charge on any atom is -0.316 e. The van der Waals surface area contributed by atoms with Gasteiger partial charge < -0.3 is 5.32 Å². The summed E-state index contributed by atoms with van der Waals surface area (Å²) >= 11 is 0. The molecular formula is C11H15N3O. The molecule has 0 bridgehead atoms. The van der Waals surface area contributed by atoms with Crippen LogP contribution in [0.2, 0.25) is 0 Å². The predicted molar refractivity (Wildman–Crippen MR) is 58.3 cm³/mol. The first-order chi connectivity index (χ1) is 7.42. The number of fused-ring (bicyclic) bond motifs is 1. The van der Waals surface area contributed by atoms with E-state index in [0.29, 0.717) is 0 Å². The zero-order valence-electron chi connectivity index (χ0n) is 8.57. The van der Waals surface area contributed by atoms with Gasteiger partial charge in [0.25, 0.3) is 0 Å². The van der Waals surface area contributed by atoms with Crippen LogP contribution in [0.1, 0.15) is 12.8 Å². The van der Waals surface area contributed by atoms with Crippen LogP contribution in [0.4, 0.5) is 0 Å². The molecule has 15 heavy (non-hydrogen) atoms. The van der Waals surface area contributed by atoms with Crippen molar-refractivity contribution in [3.8, 4) is 0 Å². The molecule has 0 aromatic carbocycles. The van der Waals surface area contributed by atoms with Crippen molar-refractivity contribution < 1.29 is 4.94 Å². The summed E-state index contributed by atoms with van der Waals surface area (Å²) in [5.41, 5.74) is 5.19. The average Bonchev–Trinajstić information content (AvgIpc) is 2.87. The molecule has 1 fully saturated rings. The van der Waals surface area contributed by atoms with Crippen LogP contribution in [0.15, 0.2) is 29.0 Å². The fraction of sp³-hybridized carbons (Fsp3) is 0.545. The number of hydrogen-bond donors (Lipinski definition) is 2. The number of allylic oxidation sites excluding steroid dienone is 2. The maximum atomic E-state index is 4.84. The van der Waals surface area contributed by atoms with E-state index < -0.39 is 0 Å². The quantitative estimate of drug-likeness (QED) is 0.699. The van der Waals surface area contributed by atoms with Crippen molar-refractivity contribution in [2.24, 2.45) is 11.1 Å². The van der Waals surface area contributed by atoms with E-state index in [1.54, 1.807) is 0 Å². The van der Waals surface area contributed by atoms with Crippen molar-refractivity contribution in [2.75, 3.05) is 13.1 Å². The fourth-order valence-corrected chi connectivity index (χ4v) is 2.31. The summed E-state index contributed by atoms with van der Waals surface area (Å²) in [7, 11) is 0. The number of hydrogen-bond acceptors (Lipinski definition) is 4. The first kappa shape index (κ1) is 9.12. The Morgan fingerprint density at radius 1 is 1.53 bits per heavy atom. The number of nitrogens with zero attached hydrogens (tertiary/aromatic N) is 1. The lowest BCUT2D eigenvalue weighted by molar-refractivity contribution is 0.0671. The molecule has 80 valence electrons. The Bertz CT molecular complexity index is 340. The first-order valence-electron chi connectivity index (χ1n) is 5.51. The molecule has 1 saturated heterocycles. The molecule has 2 N–H and O–H groups in total. The van der Waals surface area contributed by atoms with Gasteiger partial charge in [0.2, 0.25) is 0 Å². The molecule has 2 atom stereocenters. The molecule has 4 nitrogen and oxygen atoms in total. The normalized spacial score (nSPS) is 33.3. The summed E-state index contributed by atoms with van der Waals surface area (Å²) in [4.78, 5) is 4.84. The van der Waals surface area contributed by atoms with Gasteiger partial charge in [0.15, 0.2) is 0 Å². The van der Waals surface area contributed by atoms with E-state index in [9.17, 15) is 0 Å². The van der Waals surface area contributed by atoms with Crippen molar-refractivity contribution in [3.63, 3.8) is 0 Å². The topological polar surface area (TPSA) is 45.6 Å². The SMILES string of the molecule is C1=CC2NON=C2C=C1CC1CCNC1. The molecule has 0 amide bonds. The summed E-state index contributed by atoms with van der Waals surface area (Å²) in [5, 5.41) is 7.33. The van der Waals surface area contributed by atoms with E-state index in [0.717, 1.165) is 31.1 Å². The van der Waals surface area contributed by atoms with Crippen LogP contribution in [-0.4, -0.2) is 24.8 Å². The summed E-state index contributed by atoms with van der Waals surface area (Å²) in [6.45, 7) is 2.31. The van der Waals surface area contributed by atoms with Gasteiger partial charge in [-0.2, -0.15) is 0 Å². The lowest BCUT2D eigenvalue weighted by atomic mass is 9.93. The van der Waals surface area contributed by atoms with E-state index >= 15 is 0 Å². The third kappa shape index (κ3) is 1.82. The van der Waals surface area contributed by atoms with Crippen LogP contribution < -0.4 is 10.8 Å². The fourth-order valence-electron chi connectivity index (χ4n) is 2.31. The summed E-state index contributed by atoms with van der Waals surface area (Å²) < 4.78 is 0. The standard InChI is InChI=1S/C11H15N3O/c1-2-10-11(14-15-13-10)6-8(1)5-9-3-4-12-7-9/h1-2,6,9-10,12-13H,3-5,7H2. The van der Waals surface area contributed by atoms with Gasteiger partial charge in [-0.05, 0) is 43.5 Å². The highest BCUT2D eigenvalue weighted by Crippen LogP contribution is 2.22. The van der Waals surface area contributed by atoms with Gasteiger partial charge >= 0.3 is 0 Å². The van der Waals surface area contributed by atoms with Gasteiger partial charge in [-0.15, -0.1) is 5.48 Å². The Kier molecular flexibility index (Phi) is 2.31. The molecule has 0 radical (unpaired) electrons. The molecule has 2 aliphatic heterocycles. The highest BCUT2D eigenvalue weighted by Gasteiger charge is 2.23. The molecule has 0 spiro atoms. The minimum atomic E-state index is 0.162. The third-order valence-corrected chi connectivity index (χ3v) is 3.17. The summed E-state index contributed by atoms with van der Waals surface area (Å²) in [5.74, 6) is 0.785. The molecular weight excluding hydrogens is 190 g/mol. The van der Waals surface area contributed by atoms with Gasteiger partial charge in [-0.25, -0.2) is 0 Å². The second kappa shape index (κ2) is 3.79. The summed E-state index contributed by atoms with van der Waals surface area (Å²) in [6, 6.07) is 0.162. The van der Waals surface area contributed by atoms with Crippen LogP contribution in [0.3, 0.4) is 0 Å². The largest absolute Gasteiger partial charge is 0.316 e. The first-order valence-corrected chi connectivity index (χ1v) is 5.51. The molecule has 3 rings (SSSR count). The predicted octanol–water partition coefficient (Wildman–Crippen LogP) is 0.742. The van der Waals surface area contributed by atoms with Crippen LogP contribution >= 0.6 is 0 Å². The highest BCUT2D eigenvalue weighted by molar-refractivity contribution is 6.02. The van der Waals surface area contributed by atoms with Crippen molar-refractivity contribution >= 4 is 5.71 Å². The zero-order chi connectivity index (χ0) is 10.1. The van der Waals surface area contributed by atoms with Crippen LogP contribution in [0.5, 0.6) is 0 Å². The molecule has 4 heteroatoms. The Labute approximate surface area is 89.0 Å². The van der Waals surface area contributed by atoms with Gasteiger partial charge in [0.05, 0.1) is 0 Å². The highest BCUT2D eigenvalue weighted by atomic mass is 16.8. The molecule has 0 aromatic heterocycles. The van der Waals surface area contributed by atoms with Crippen molar-refractivity contribution in [2.45, 2.75) is 18.9 Å². The van der Waals surface area contributed by atoms with Crippen molar-refractivity contribution in [1.82, 2.24) is 10.8 Å². The molecule has 0 aromatic rings. The smallest absolute Gasteiger partial charge is 0.109 e. The Hall–Kier alpha value is -1.13. The maximum Gasteiger partial charge on any atom is 0.109 e. The second-order valence-corrected chi connectivity index (χ2v) is 4.34. The van der Waals surface area contributed by atoms with E-state index in [2.05, 4.69) is 34.2 Å². The molecule has 3 aliphatic rings. The molecule has 0 saturated carbocycles. The van der Waals surface area contributed by atoms with Gasteiger partial charge in [-0.1, -0.05) is 17.3 Å². The number of rotatable bonds is 2. The molecule has 2 heterocycles. The van der Waals surface area contributed by atoms with Crippen molar-refractivity contribution in [3.05, 3.63) is 23.8 Å². The zero-order valence-corrected chi connectivity index (χ0v) is 8.57. The van der Waals surface area contributed by atoms with E-state index in [1.807, 2.05) is 0 Å². The Morgan fingerprint density at radius 3 is 3.40 bits per heavy atom. The van der Waals surface area contributed by atoms with Crippen LogP contribution in [0.25, 0.3) is 0 Å². The minimum absolute atomic E-state index is 0.162. The number of oxime groups is 1. The van der Waals surface area contributed by atoms with E-state index in [1.165, 1.54) is 12.0 Å². The average molecular weight is 205 g/mol. The van der Waals surface area contributed by atoms with Gasteiger partial charge in [0, 0.05) is 0 Å². The van der Waals surface area contributed by atoms with Crippen molar-refractivity contribution in [1.29, 1.82) is 0 Å². The monoisotopic (exact) mass is 205 g/mol. The third-order valence-electron chi connectivity index (χ3n) is 3.17. The molecule has 1 aliphatic carbocycles. The van der Waals surface area contributed by atoms with Gasteiger partial charge in [0.1, 0.15) is 11.8 Å². The Balaban J connectivity index is 1.68. The number of nitrogens with one attached hydrogen (secondary N) is 2. The maximum absolute atomic E-state index is 4.84. The Morgan fingerprint density at radius 2 is 2.53 bits per heavy atom. The summed E-state index contributed by atoms with van der Waals surface area (Å²) in [6.07, 6.45) is 8.88. The van der Waals surface area contributed by atoms with E-state index in [4.69, 9.17) is 4.94 Å². The lowest BCUT2D eigenvalue weighted by Crippen LogP contribution is -2.28. The lowest BCUT2D eigenvalue weighted by Gasteiger charge is -2.13. The molecule has 2 unspecified atom stereocenters. The van der Waals surface area contributed by atoms with E-state index in [-0.39, 0.29) is 6.04 Å².